The number of carbonyl (C=O) groups excluding carboxylic acids is 3. The summed E-state index contributed by atoms with van der Waals surface area (Å²) in [5.74, 6) is 0.0890. The fraction of sp³-hybridized carbons (Fsp3) is 0.350. The molecule has 28 heavy (non-hydrogen) atoms. The SMILES string of the molecule is COC(=O)NC(=O)c1c(NC(=O)CCCSc2ccc(C)cc2)sc(C)c1C. The summed E-state index contributed by atoms with van der Waals surface area (Å²) in [5, 5.41) is 5.40. The molecule has 1 aromatic heterocycles. The van der Waals surface area contributed by atoms with Crippen molar-refractivity contribution in [1.29, 1.82) is 0 Å². The molecule has 0 fully saturated rings. The third kappa shape index (κ3) is 6.10. The van der Waals surface area contributed by atoms with Gasteiger partial charge in [-0.2, -0.15) is 0 Å². The normalized spacial score (nSPS) is 10.4. The Morgan fingerprint density at radius 2 is 1.79 bits per heavy atom. The lowest BCUT2D eigenvalue weighted by molar-refractivity contribution is -0.116. The number of thioether (sulfide) groups is 1. The van der Waals surface area contributed by atoms with E-state index >= 15 is 0 Å². The molecule has 2 rings (SSSR count). The zero-order valence-electron chi connectivity index (χ0n) is 16.4. The second-order valence-electron chi connectivity index (χ2n) is 6.25. The summed E-state index contributed by atoms with van der Waals surface area (Å²) in [5.41, 5.74) is 2.25. The van der Waals surface area contributed by atoms with E-state index in [1.807, 2.05) is 13.8 Å². The molecule has 0 spiro atoms. The van der Waals surface area contributed by atoms with Crippen molar-refractivity contribution in [3.8, 4) is 0 Å². The minimum absolute atomic E-state index is 0.155. The predicted octanol–water partition coefficient (Wildman–Crippen LogP) is 4.68. The van der Waals surface area contributed by atoms with Gasteiger partial charge in [0.1, 0.15) is 5.00 Å². The number of carbonyl (C=O) groups is 3. The third-order valence-electron chi connectivity index (χ3n) is 4.10. The Morgan fingerprint density at radius 1 is 1.11 bits per heavy atom. The number of aryl methyl sites for hydroxylation is 2. The van der Waals surface area contributed by atoms with Crippen LogP contribution in [0.15, 0.2) is 29.2 Å². The summed E-state index contributed by atoms with van der Waals surface area (Å²) in [4.78, 5) is 38.0. The molecule has 6 nitrogen and oxygen atoms in total. The van der Waals surface area contributed by atoms with Gasteiger partial charge in [0.05, 0.1) is 12.7 Å². The fourth-order valence-corrected chi connectivity index (χ4v) is 4.37. The number of amides is 3. The third-order valence-corrected chi connectivity index (χ3v) is 6.33. The van der Waals surface area contributed by atoms with Crippen LogP contribution in [-0.2, 0) is 9.53 Å². The number of rotatable bonds is 7. The number of benzene rings is 1. The maximum absolute atomic E-state index is 12.3. The second kappa shape index (κ2) is 10.3. The standard InChI is InChI=1S/C20H24N2O4S2/c1-12-7-9-15(10-8-12)27-11-5-6-16(23)21-19-17(13(2)14(3)28-19)18(24)22-20(25)26-4/h7-10H,5-6,11H2,1-4H3,(H,21,23)(H,22,24,25). The van der Waals surface area contributed by atoms with Gasteiger partial charge in [0.25, 0.3) is 5.91 Å². The van der Waals surface area contributed by atoms with Crippen molar-refractivity contribution < 1.29 is 19.1 Å². The minimum Gasteiger partial charge on any atom is -0.453 e. The van der Waals surface area contributed by atoms with E-state index in [1.165, 1.54) is 28.9 Å². The van der Waals surface area contributed by atoms with E-state index in [1.54, 1.807) is 18.7 Å². The molecule has 8 heteroatoms. The van der Waals surface area contributed by atoms with E-state index in [0.717, 1.165) is 22.6 Å². The summed E-state index contributed by atoms with van der Waals surface area (Å²) in [6.07, 6.45) is 0.239. The van der Waals surface area contributed by atoms with E-state index in [2.05, 4.69) is 39.6 Å². The molecule has 150 valence electrons. The Bertz CT molecular complexity index is 860. The van der Waals surface area contributed by atoms with Crippen molar-refractivity contribution in [2.24, 2.45) is 0 Å². The molecule has 0 radical (unpaired) electrons. The quantitative estimate of drug-likeness (QED) is 0.502. The van der Waals surface area contributed by atoms with Crippen molar-refractivity contribution >= 4 is 46.0 Å². The van der Waals surface area contributed by atoms with Crippen LogP contribution in [0.2, 0.25) is 0 Å². The Morgan fingerprint density at radius 3 is 2.43 bits per heavy atom. The summed E-state index contributed by atoms with van der Waals surface area (Å²) in [7, 11) is 1.19. The maximum Gasteiger partial charge on any atom is 0.413 e. The Labute approximate surface area is 173 Å². The lowest BCUT2D eigenvalue weighted by atomic mass is 10.1. The van der Waals surface area contributed by atoms with E-state index in [0.29, 0.717) is 17.0 Å². The van der Waals surface area contributed by atoms with Crippen LogP contribution >= 0.6 is 23.1 Å². The van der Waals surface area contributed by atoms with Crippen molar-refractivity contribution in [1.82, 2.24) is 5.32 Å². The monoisotopic (exact) mass is 420 g/mol. The van der Waals surface area contributed by atoms with Gasteiger partial charge in [-0.15, -0.1) is 23.1 Å². The van der Waals surface area contributed by atoms with Gasteiger partial charge in [-0.25, -0.2) is 4.79 Å². The second-order valence-corrected chi connectivity index (χ2v) is 8.64. The molecule has 0 aliphatic rings. The smallest absolute Gasteiger partial charge is 0.413 e. The van der Waals surface area contributed by atoms with Crippen LogP contribution in [0.25, 0.3) is 0 Å². The number of hydrogen-bond acceptors (Lipinski definition) is 6. The molecule has 1 heterocycles. The summed E-state index contributed by atoms with van der Waals surface area (Å²) >= 11 is 3.03. The predicted molar refractivity (Wildman–Crippen MR) is 113 cm³/mol. The Hall–Kier alpha value is -2.32. The lowest BCUT2D eigenvalue weighted by Crippen LogP contribution is -2.31. The average molecular weight is 421 g/mol. The van der Waals surface area contributed by atoms with Crippen LogP contribution in [0.1, 0.15) is 39.2 Å². The Balaban J connectivity index is 1.90. The van der Waals surface area contributed by atoms with Gasteiger partial charge in [0.15, 0.2) is 0 Å². The fourth-order valence-electron chi connectivity index (χ4n) is 2.44. The van der Waals surface area contributed by atoms with Crippen LogP contribution in [0.5, 0.6) is 0 Å². The first-order valence-corrected chi connectivity index (χ1v) is 10.6. The molecule has 3 amide bonds. The number of nitrogens with one attached hydrogen (secondary N) is 2. The highest BCUT2D eigenvalue weighted by Gasteiger charge is 2.22. The largest absolute Gasteiger partial charge is 0.453 e. The number of imide groups is 1. The Kier molecular flexibility index (Phi) is 8.07. The van der Waals surface area contributed by atoms with Crippen LogP contribution in [0.3, 0.4) is 0 Å². The number of anilines is 1. The maximum atomic E-state index is 12.3. The molecule has 0 aliphatic carbocycles. The average Bonchev–Trinajstić information content (AvgIpc) is 2.93. The molecule has 2 aromatic rings. The van der Waals surface area contributed by atoms with Crippen molar-refractivity contribution in [2.45, 2.75) is 38.5 Å². The first-order chi connectivity index (χ1) is 13.3. The first kappa shape index (κ1) is 22.0. The van der Waals surface area contributed by atoms with E-state index in [9.17, 15) is 14.4 Å². The molecular formula is C20H24N2O4S2. The van der Waals surface area contributed by atoms with Crippen LogP contribution in [-0.4, -0.2) is 30.8 Å². The molecule has 2 N–H and O–H groups in total. The van der Waals surface area contributed by atoms with Gasteiger partial charge in [-0.1, -0.05) is 17.7 Å². The highest BCUT2D eigenvalue weighted by atomic mass is 32.2. The summed E-state index contributed by atoms with van der Waals surface area (Å²) in [6.45, 7) is 5.70. The molecular weight excluding hydrogens is 396 g/mol. The number of hydrogen-bond donors (Lipinski definition) is 2. The first-order valence-electron chi connectivity index (χ1n) is 8.80. The van der Waals surface area contributed by atoms with E-state index in [4.69, 9.17) is 0 Å². The number of thiophene rings is 1. The molecule has 0 unspecified atom stereocenters. The molecule has 0 saturated carbocycles. The topological polar surface area (TPSA) is 84.5 Å². The number of methoxy groups -OCH3 is 1. The van der Waals surface area contributed by atoms with Crippen LogP contribution in [0, 0.1) is 20.8 Å². The minimum atomic E-state index is -0.835. The molecule has 0 saturated heterocycles. The zero-order chi connectivity index (χ0) is 20.7. The van der Waals surface area contributed by atoms with Crippen molar-refractivity contribution in [3.05, 3.63) is 45.8 Å². The highest BCUT2D eigenvalue weighted by molar-refractivity contribution is 7.99. The number of ether oxygens (including phenoxy) is 1. The van der Waals surface area contributed by atoms with Gasteiger partial charge < -0.3 is 10.1 Å². The summed E-state index contributed by atoms with van der Waals surface area (Å²) < 4.78 is 4.46. The zero-order valence-corrected chi connectivity index (χ0v) is 18.0. The summed E-state index contributed by atoms with van der Waals surface area (Å²) in [6, 6.07) is 8.28. The van der Waals surface area contributed by atoms with Crippen LogP contribution in [0.4, 0.5) is 9.80 Å². The van der Waals surface area contributed by atoms with Crippen molar-refractivity contribution in [3.63, 3.8) is 0 Å². The van der Waals surface area contributed by atoms with Crippen LogP contribution < -0.4 is 10.6 Å². The van der Waals surface area contributed by atoms with Gasteiger partial charge >= 0.3 is 6.09 Å². The van der Waals surface area contributed by atoms with E-state index < -0.39 is 12.0 Å². The molecule has 0 bridgehead atoms. The molecule has 1 aromatic carbocycles. The molecule has 0 aliphatic heterocycles. The molecule has 0 atom stereocenters. The van der Waals surface area contributed by atoms with E-state index in [-0.39, 0.29) is 5.91 Å². The van der Waals surface area contributed by atoms with Gasteiger partial charge in [0.2, 0.25) is 5.91 Å². The van der Waals surface area contributed by atoms with Gasteiger partial charge in [-0.3, -0.25) is 14.9 Å². The van der Waals surface area contributed by atoms with Gasteiger partial charge in [-0.05, 0) is 50.6 Å². The van der Waals surface area contributed by atoms with Crippen molar-refractivity contribution in [2.75, 3.05) is 18.2 Å². The number of alkyl carbamates (subject to hydrolysis) is 1. The van der Waals surface area contributed by atoms with Gasteiger partial charge in [0, 0.05) is 16.2 Å². The highest BCUT2D eigenvalue weighted by Crippen LogP contribution is 2.32. The lowest BCUT2D eigenvalue weighted by Gasteiger charge is -2.08.